The third-order valence-corrected chi connectivity index (χ3v) is 3.48. The van der Waals surface area contributed by atoms with Gasteiger partial charge in [-0.15, -0.1) is 0 Å². The van der Waals surface area contributed by atoms with Crippen LogP contribution >= 0.6 is 15.9 Å². The third kappa shape index (κ3) is 2.68. The topological polar surface area (TPSA) is 87.1 Å². The Balaban J connectivity index is 1.80. The zero-order valence-electron chi connectivity index (χ0n) is 10.1. The van der Waals surface area contributed by atoms with Gasteiger partial charge in [-0.2, -0.15) is 4.98 Å². The lowest BCUT2D eigenvalue weighted by Gasteiger charge is -2.07. The quantitative estimate of drug-likeness (QED) is 0.929. The standard InChI is InChI=1S/C12H13BrN4O2/c13-8-3-7(5-15-6-8)11-16-12(19-17-11)10-2-1-9(4-14)18-10/h3,5-6,9-10H,1-2,4,14H2. The van der Waals surface area contributed by atoms with E-state index in [0.29, 0.717) is 18.3 Å². The Bertz CT molecular complexity index is 574. The smallest absolute Gasteiger partial charge is 0.256 e. The summed E-state index contributed by atoms with van der Waals surface area (Å²) in [6, 6.07) is 1.89. The molecule has 2 unspecified atom stereocenters. The maximum absolute atomic E-state index is 5.72. The molecule has 7 heteroatoms. The normalized spacial score (nSPS) is 22.8. The van der Waals surface area contributed by atoms with Crippen molar-refractivity contribution in [3.05, 3.63) is 28.8 Å². The molecule has 0 spiro atoms. The highest BCUT2D eigenvalue weighted by Crippen LogP contribution is 2.32. The molecule has 0 aliphatic carbocycles. The molecule has 3 heterocycles. The highest BCUT2D eigenvalue weighted by atomic mass is 79.9. The van der Waals surface area contributed by atoms with E-state index in [1.165, 1.54) is 0 Å². The van der Waals surface area contributed by atoms with Gasteiger partial charge in [0.1, 0.15) is 6.10 Å². The summed E-state index contributed by atoms with van der Waals surface area (Å²) in [6.45, 7) is 0.521. The Labute approximate surface area is 118 Å². The molecule has 19 heavy (non-hydrogen) atoms. The van der Waals surface area contributed by atoms with Crippen molar-refractivity contribution in [2.75, 3.05) is 6.54 Å². The number of aromatic nitrogens is 3. The van der Waals surface area contributed by atoms with Crippen molar-refractivity contribution >= 4 is 15.9 Å². The molecular formula is C12H13BrN4O2. The largest absolute Gasteiger partial charge is 0.364 e. The zero-order chi connectivity index (χ0) is 13.2. The summed E-state index contributed by atoms with van der Waals surface area (Å²) < 4.78 is 11.9. The van der Waals surface area contributed by atoms with Gasteiger partial charge in [0.25, 0.3) is 5.89 Å². The van der Waals surface area contributed by atoms with Crippen LogP contribution < -0.4 is 5.73 Å². The first-order chi connectivity index (χ1) is 9.26. The molecule has 6 nitrogen and oxygen atoms in total. The lowest BCUT2D eigenvalue weighted by atomic mass is 10.2. The molecular weight excluding hydrogens is 312 g/mol. The summed E-state index contributed by atoms with van der Waals surface area (Å²) in [5, 5.41) is 3.96. The van der Waals surface area contributed by atoms with Gasteiger partial charge in [-0.05, 0) is 34.8 Å². The lowest BCUT2D eigenvalue weighted by Crippen LogP contribution is -2.18. The van der Waals surface area contributed by atoms with Gasteiger partial charge in [0, 0.05) is 29.0 Å². The molecule has 2 atom stereocenters. The second-order valence-corrected chi connectivity index (χ2v) is 5.32. The van der Waals surface area contributed by atoms with Crippen molar-refractivity contribution in [3.63, 3.8) is 0 Å². The Morgan fingerprint density at radius 1 is 1.37 bits per heavy atom. The van der Waals surface area contributed by atoms with Gasteiger partial charge in [-0.25, -0.2) is 0 Å². The van der Waals surface area contributed by atoms with E-state index in [0.717, 1.165) is 22.9 Å². The predicted molar refractivity (Wildman–Crippen MR) is 71.1 cm³/mol. The van der Waals surface area contributed by atoms with Crippen molar-refractivity contribution in [1.29, 1.82) is 0 Å². The van der Waals surface area contributed by atoms with E-state index >= 15 is 0 Å². The summed E-state index contributed by atoms with van der Waals surface area (Å²) in [5.74, 6) is 1.02. The second-order valence-electron chi connectivity index (χ2n) is 4.41. The van der Waals surface area contributed by atoms with E-state index in [4.69, 9.17) is 15.0 Å². The van der Waals surface area contributed by atoms with Gasteiger partial charge >= 0.3 is 0 Å². The number of rotatable bonds is 3. The molecule has 0 radical (unpaired) electrons. The predicted octanol–water partition coefficient (Wildman–Crippen LogP) is 2.07. The van der Waals surface area contributed by atoms with Crippen LogP contribution in [0.15, 0.2) is 27.5 Å². The second kappa shape index (κ2) is 5.36. The molecule has 2 N–H and O–H groups in total. The molecule has 0 amide bonds. The van der Waals surface area contributed by atoms with Gasteiger partial charge in [0.15, 0.2) is 0 Å². The molecule has 0 aromatic carbocycles. The van der Waals surface area contributed by atoms with Crippen LogP contribution in [0.2, 0.25) is 0 Å². The first kappa shape index (κ1) is 12.7. The lowest BCUT2D eigenvalue weighted by molar-refractivity contribution is 0.0307. The van der Waals surface area contributed by atoms with E-state index in [9.17, 15) is 0 Å². The molecule has 100 valence electrons. The molecule has 1 fully saturated rings. The minimum Gasteiger partial charge on any atom is -0.364 e. The van der Waals surface area contributed by atoms with Crippen molar-refractivity contribution in [3.8, 4) is 11.4 Å². The van der Waals surface area contributed by atoms with Gasteiger partial charge in [-0.3, -0.25) is 4.98 Å². The Morgan fingerprint density at radius 2 is 2.26 bits per heavy atom. The molecule has 2 aromatic rings. The number of halogens is 1. The van der Waals surface area contributed by atoms with Crippen LogP contribution in [-0.4, -0.2) is 27.8 Å². The van der Waals surface area contributed by atoms with Crippen LogP contribution in [-0.2, 0) is 4.74 Å². The van der Waals surface area contributed by atoms with Gasteiger partial charge in [0.2, 0.25) is 5.82 Å². The van der Waals surface area contributed by atoms with Crippen LogP contribution in [0.25, 0.3) is 11.4 Å². The number of pyridine rings is 1. The number of hydrogen-bond donors (Lipinski definition) is 1. The summed E-state index contributed by atoms with van der Waals surface area (Å²) in [4.78, 5) is 8.44. The fourth-order valence-electron chi connectivity index (χ4n) is 2.08. The summed E-state index contributed by atoms with van der Waals surface area (Å²) in [7, 11) is 0. The molecule has 2 aromatic heterocycles. The molecule has 3 rings (SSSR count). The zero-order valence-corrected chi connectivity index (χ0v) is 11.7. The van der Waals surface area contributed by atoms with Crippen molar-refractivity contribution in [2.24, 2.45) is 5.73 Å². The summed E-state index contributed by atoms with van der Waals surface area (Å²) in [6.07, 6.45) is 5.13. The molecule has 1 aliphatic rings. The van der Waals surface area contributed by atoms with E-state index in [1.807, 2.05) is 6.07 Å². The molecule has 1 aliphatic heterocycles. The summed E-state index contributed by atoms with van der Waals surface area (Å²) in [5.41, 5.74) is 6.39. The Kier molecular flexibility index (Phi) is 3.58. The van der Waals surface area contributed by atoms with Gasteiger partial charge in [0.05, 0.1) is 6.10 Å². The highest BCUT2D eigenvalue weighted by Gasteiger charge is 2.30. The van der Waals surface area contributed by atoms with Crippen LogP contribution in [0, 0.1) is 0 Å². The maximum Gasteiger partial charge on any atom is 0.256 e. The average Bonchev–Trinajstić information content (AvgIpc) is 3.07. The molecule has 0 bridgehead atoms. The average molecular weight is 325 g/mol. The van der Waals surface area contributed by atoms with Gasteiger partial charge < -0.3 is 15.0 Å². The van der Waals surface area contributed by atoms with Crippen LogP contribution in [0.1, 0.15) is 24.8 Å². The molecule has 1 saturated heterocycles. The van der Waals surface area contributed by atoms with Gasteiger partial charge in [-0.1, -0.05) is 5.16 Å². The van der Waals surface area contributed by atoms with Crippen LogP contribution in [0.3, 0.4) is 0 Å². The summed E-state index contributed by atoms with van der Waals surface area (Å²) >= 11 is 3.36. The van der Waals surface area contributed by atoms with Crippen LogP contribution in [0.5, 0.6) is 0 Å². The van der Waals surface area contributed by atoms with E-state index in [1.54, 1.807) is 12.4 Å². The first-order valence-electron chi connectivity index (χ1n) is 6.06. The number of nitrogens with two attached hydrogens (primary N) is 1. The highest BCUT2D eigenvalue weighted by molar-refractivity contribution is 9.10. The third-order valence-electron chi connectivity index (χ3n) is 3.05. The molecule has 0 saturated carbocycles. The first-order valence-corrected chi connectivity index (χ1v) is 6.85. The minimum absolute atomic E-state index is 0.0906. The number of hydrogen-bond acceptors (Lipinski definition) is 6. The maximum atomic E-state index is 5.72. The van der Waals surface area contributed by atoms with Crippen molar-refractivity contribution in [1.82, 2.24) is 15.1 Å². The monoisotopic (exact) mass is 324 g/mol. The number of nitrogens with zero attached hydrogens (tertiary/aromatic N) is 3. The van der Waals surface area contributed by atoms with E-state index in [-0.39, 0.29) is 12.2 Å². The fraction of sp³-hybridized carbons (Fsp3) is 0.417. The SMILES string of the molecule is NCC1CCC(c2nc(-c3cncc(Br)c3)no2)O1. The van der Waals surface area contributed by atoms with Crippen molar-refractivity contribution < 1.29 is 9.26 Å². The fourth-order valence-corrected chi connectivity index (χ4v) is 2.44. The van der Waals surface area contributed by atoms with Crippen LogP contribution in [0.4, 0.5) is 0 Å². The van der Waals surface area contributed by atoms with E-state index < -0.39 is 0 Å². The Morgan fingerprint density at radius 3 is 3.00 bits per heavy atom. The number of ether oxygens (including phenoxy) is 1. The van der Waals surface area contributed by atoms with E-state index in [2.05, 4.69) is 31.1 Å². The Hall–Kier alpha value is -1.31. The van der Waals surface area contributed by atoms with Crippen molar-refractivity contribution in [2.45, 2.75) is 25.0 Å². The minimum atomic E-state index is -0.144.